The van der Waals surface area contributed by atoms with Crippen LogP contribution in [0.1, 0.15) is 23.6 Å². The second-order valence-corrected chi connectivity index (χ2v) is 7.70. The van der Waals surface area contributed by atoms with E-state index in [1.807, 2.05) is 45.0 Å². The third-order valence-electron chi connectivity index (χ3n) is 3.74. The van der Waals surface area contributed by atoms with Crippen molar-refractivity contribution in [2.45, 2.75) is 38.7 Å². The third kappa shape index (κ3) is 3.99. The van der Waals surface area contributed by atoms with Gasteiger partial charge in [-0.3, -0.25) is 0 Å². The first-order valence-corrected chi connectivity index (χ1v) is 9.05. The van der Waals surface area contributed by atoms with Crippen LogP contribution in [0.5, 0.6) is 0 Å². The quantitative estimate of drug-likeness (QED) is 0.884. The summed E-state index contributed by atoms with van der Waals surface area (Å²) < 4.78 is 27.8. The van der Waals surface area contributed by atoms with Gasteiger partial charge in [0.1, 0.15) is 0 Å². The Labute approximate surface area is 138 Å². The standard InChI is InChI=1S/C18H23NO3S/c1-12-8-9-17(23(21,22)19-11-15(4)20)16(10-12)18-13(2)6-5-7-14(18)3/h5-10,15,19-20H,11H2,1-4H3. The summed E-state index contributed by atoms with van der Waals surface area (Å²) >= 11 is 0. The number of nitrogens with one attached hydrogen (secondary N) is 1. The summed E-state index contributed by atoms with van der Waals surface area (Å²) in [4.78, 5) is 0.237. The fraction of sp³-hybridized carbons (Fsp3) is 0.333. The average Bonchev–Trinajstić information content (AvgIpc) is 2.45. The molecule has 0 spiro atoms. The maximum atomic E-state index is 12.6. The lowest BCUT2D eigenvalue weighted by molar-refractivity contribution is 0.198. The molecule has 0 aliphatic rings. The van der Waals surface area contributed by atoms with E-state index in [1.54, 1.807) is 19.1 Å². The maximum absolute atomic E-state index is 12.6. The highest BCUT2D eigenvalue weighted by molar-refractivity contribution is 7.89. The van der Waals surface area contributed by atoms with Crippen molar-refractivity contribution in [3.05, 3.63) is 53.1 Å². The Morgan fingerprint density at radius 3 is 2.26 bits per heavy atom. The molecule has 2 aromatic carbocycles. The van der Waals surface area contributed by atoms with Crippen LogP contribution in [0, 0.1) is 20.8 Å². The van der Waals surface area contributed by atoms with Crippen LogP contribution in [0.3, 0.4) is 0 Å². The molecule has 0 aliphatic carbocycles. The van der Waals surface area contributed by atoms with E-state index in [0.717, 1.165) is 22.3 Å². The zero-order valence-corrected chi connectivity index (χ0v) is 14.7. The van der Waals surface area contributed by atoms with E-state index in [2.05, 4.69) is 4.72 Å². The van der Waals surface area contributed by atoms with Crippen molar-refractivity contribution in [1.82, 2.24) is 4.72 Å². The Hall–Kier alpha value is -1.69. The highest BCUT2D eigenvalue weighted by atomic mass is 32.2. The first-order chi connectivity index (χ1) is 10.7. The van der Waals surface area contributed by atoms with Crippen LogP contribution in [0.4, 0.5) is 0 Å². The molecule has 1 atom stereocenters. The lowest BCUT2D eigenvalue weighted by Gasteiger charge is -2.16. The van der Waals surface area contributed by atoms with E-state index in [-0.39, 0.29) is 11.4 Å². The minimum atomic E-state index is -3.69. The van der Waals surface area contributed by atoms with Crippen molar-refractivity contribution in [2.75, 3.05) is 6.54 Å². The van der Waals surface area contributed by atoms with Crippen molar-refractivity contribution >= 4 is 10.0 Å². The van der Waals surface area contributed by atoms with Crippen molar-refractivity contribution in [1.29, 1.82) is 0 Å². The number of hydrogen-bond acceptors (Lipinski definition) is 3. The van der Waals surface area contributed by atoms with Crippen molar-refractivity contribution in [3.8, 4) is 11.1 Å². The molecule has 0 bridgehead atoms. The fourth-order valence-electron chi connectivity index (χ4n) is 2.62. The molecule has 0 fully saturated rings. The minimum Gasteiger partial charge on any atom is -0.392 e. The molecular formula is C18H23NO3S. The lowest BCUT2D eigenvalue weighted by Crippen LogP contribution is -2.31. The normalized spacial score (nSPS) is 13.1. The average molecular weight is 333 g/mol. The molecule has 0 radical (unpaired) electrons. The minimum absolute atomic E-state index is 0.0115. The van der Waals surface area contributed by atoms with Gasteiger partial charge < -0.3 is 5.11 Å². The summed E-state index contributed by atoms with van der Waals surface area (Å²) in [5.74, 6) is 0. The summed E-state index contributed by atoms with van der Waals surface area (Å²) in [6.07, 6.45) is -0.737. The van der Waals surface area contributed by atoms with Gasteiger partial charge >= 0.3 is 0 Å². The van der Waals surface area contributed by atoms with Gasteiger partial charge in [0.15, 0.2) is 0 Å². The predicted molar refractivity (Wildman–Crippen MR) is 93.0 cm³/mol. The number of aryl methyl sites for hydroxylation is 3. The van der Waals surface area contributed by atoms with Crippen molar-refractivity contribution in [3.63, 3.8) is 0 Å². The van der Waals surface area contributed by atoms with E-state index in [0.29, 0.717) is 5.56 Å². The van der Waals surface area contributed by atoms with Crippen LogP contribution in [-0.2, 0) is 10.0 Å². The second-order valence-electron chi connectivity index (χ2n) is 5.97. The Balaban J connectivity index is 2.64. The zero-order chi connectivity index (χ0) is 17.2. The number of aliphatic hydroxyl groups excluding tert-OH is 1. The molecule has 5 heteroatoms. The first-order valence-electron chi connectivity index (χ1n) is 7.57. The highest BCUT2D eigenvalue weighted by Gasteiger charge is 2.21. The summed E-state index contributed by atoms with van der Waals surface area (Å²) in [7, 11) is -3.69. The van der Waals surface area contributed by atoms with Crippen LogP contribution in [0.25, 0.3) is 11.1 Å². The number of aliphatic hydroxyl groups is 1. The fourth-order valence-corrected chi connectivity index (χ4v) is 3.93. The second kappa shape index (κ2) is 6.83. The molecule has 0 aromatic heterocycles. The van der Waals surface area contributed by atoms with E-state index in [9.17, 15) is 13.5 Å². The van der Waals surface area contributed by atoms with Crippen molar-refractivity contribution in [2.24, 2.45) is 0 Å². The Kier molecular flexibility index (Phi) is 5.24. The maximum Gasteiger partial charge on any atom is 0.241 e. The van der Waals surface area contributed by atoms with E-state index in [1.165, 1.54) is 0 Å². The van der Waals surface area contributed by atoms with E-state index in [4.69, 9.17) is 0 Å². The Morgan fingerprint density at radius 2 is 1.70 bits per heavy atom. The largest absolute Gasteiger partial charge is 0.392 e. The van der Waals surface area contributed by atoms with Crippen LogP contribution in [0.15, 0.2) is 41.3 Å². The molecule has 2 aromatic rings. The molecule has 0 aliphatic heterocycles. The van der Waals surface area contributed by atoms with Crippen LogP contribution in [0.2, 0.25) is 0 Å². The number of sulfonamides is 1. The highest BCUT2D eigenvalue weighted by Crippen LogP contribution is 2.33. The molecule has 23 heavy (non-hydrogen) atoms. The van der Waals surface area contributed by atoms with Gasteiger partial charge in [-0.1, -0.05) is 35.9 Å². The van der Waals surface area contributed by atoms with Crippen LogP contribution < -0.4 is 4.72 Å². The Bertz CT molecular complexity index is 791. The molecule has 124 valence electrons. The van der Waals surface area contributed by atoms with Gasteiger partial charge in [-0.2, -0.15) is 0 Å². The van der Waals surface area contributed by atoms with Crippen LogP contribution >= 0.6 is 0 Å². The van der Waals surface area contributed by atoms with Gasteiger partial charge in [-0.25, -0.2) is 13.1 Å². The van der Waals surface area contributed by atoms with E-state index < -0.39 is 16.1 Å². The summed E-state index contributed by atoms with van der Waals surface area (Å²) in [5, 5.41) is 9.35. The topological polar surface area (TPSA) is 66.4 Å². The predicted octanol–water partition coefficient (Wildman–Crippen LogP) is 2.94. The van der Waals surface area contributed by atoms with Gasteiger partial charge in [-0.05, 0) is 50.5 Å². The first kappa shape index (κ1) is 17.7. The number of rotatable bonds is 5. The Morgan fingerprint density at radius 1 is 1.09 bits per heavy atom. The lowest BCUT2D eigenvalue weighted by atomic mass is 9.95. The van der Waals surface area contributed by atoms with Gasteiger partial charge in [0.2, 0.25) is 10.0 Å². The molecule has 1 unspecified atom stereocenters. The molecule has 2 N–H and O–H groups in total. The molecular weight excluding hydrogens is 310 g/mol. The third-order valence-corrected chi connectivity index (χ3v) is 5.23. The van der Waals surface area contributed by atoms with Crippen LogP contribution in [-0.4, -0.2) is 26.2 Å². The number of hydrogen-bond donors (Lipinski definition) is 2. The van der Waals surface area contributed by atoms with Gasteiger partial charge in [0.05, 0.1) is 11.0 Å². The molecule has 2 rings (SSSR count). The smallest absolute Gasteiger partial charge is 0.241 e. The molecule has 4 nitrogen and oxygen atoms in total. The summed E-state index contributed by atoms with van der Waals surface area (Å²) in [6.45, 7) is 7.43. The molecule has 0 saturated heterocycles. The zero-order valence-electron chi connectivity index (χ0n) is 13.9. The van der Waals surface area contributed by atoms with Gasteiger partial charge in [0.25, 0.3) is 0 Å². The summed E-state index contributed by atoms with van der Waals surface area (Å²) in [6, 6.07) is 11.2. The SMILES string of the molecule is Cc1ccc(S(=O)(=O)NCC(C)O)c(-c2c(C)cccc2C)c1. The summed E-state index contributed by atoms with van der Waals surface area (Å²) in [5.41, 5.74) is 4.69. The van der Waals surface area contributed by atoms with Crippen molar-refractivity contribution < 1.29 is 13.5 Å². The van der Waals surface area contributed by atoms with Gasteiger partial charge in [0, 0.05) is 12.1 Å². The van der Waals surface area contributed by atoms with E-state index >= 15 is 0 Å². The molecule has 0 heterocycles. The monoisotopic (exact) mass is 333 g/mol. The molecule has 0 amide bonds. The number of benzene rings is 2. The van der Waals surface area contributed by atoms with Gasteiger partial charge in [-0.15, -0.1) is 0 Å². The molecule has 0 saturated carbocycles.